The zero-order valence-electron chi connectivity index (χ0n) is 10.2. The lowest BCUT2D eigenvalue weighted by Gasteiger charge is -2.12. The van der Waals surface area contributed by atoms with Crippen molar-refractivity contribution in [2.45, 2.75) is 50.3 Å². The normalized spacial score (nSPS) is 22.0. The third-order valence-electron chi connectivity index (χ3n) is 3.09. The van der Waals surface area contributed by atoms with Crippen LogP contribution in [0.25, 0.3) is 0 Å². The van der Waals surface area contributed by atoms with E-state index in [0.29, 0.717) is 18.5 Å². The molecule has 1 fully saturated rings. The molecule has 0 amide bonds. The minimum atomic E-state index is -0.759. The molecule has 0 radical (unpaired) electrons. The third kappa shape index (κ3) is 4.96. The van der Waals surface area contributed by atoms with Gasteiger partial charge in [0, 0.05) is 34.9 Å². The molecular weight excluding hydrogens is 222 g/mol. The summed E-state index contributed by atoms with van der Waals surface area (Å²) in [7, 11) is -0.759. The van der Waals surface area contributed by atoms with Crippen molar-refractivity contribution in [2.24, 2.45) is 10.7 Å². The van der Waals surface area contributed by atoms with E-state index in [2.05, 4.69) is 10.3 Å². The molecule has 4 nitrogen and oxygen atoms in total. The fraction of sp³-hybridized carbons (Fsp3) is 0.909. The van der Waals surface area contributed by atoms with Crippen molar-refractivity contribution in [3.8, 4) is 0 Å². The van der Waals surface area contributed by atoms with Gasteiger partial charge in [0.25, 0.3) is 0 Å². The molecule has 5 heteroatoms. The Bertz CT molecular complexity index is 262. The van der Waals surface area contributed by atoms with Crippen LogP contribution in [0.4, 0.5) is 0 Å². The van der Waals surface area contributed by atoms with Crippen LogP contribution in [-0.4, -0.2) is 34.3 Å². The van der Waals surface area contributed by atoms with E-state index in [1.807, 2.05) is 6.92 Å². The Labute approximate surface area is 101 Å². The van der Waals surface area contributed by atoms with Crippen LogP contribution < -0.4 is 11.1 Å². The summed E-state index contributed by atoms with van der Waals surface area (Å²) in [4.78, 5) is 4.26. The molecule has 0 heterocycles. The quantitative estimate of drug-likeness (QED) is 0.561. The molecule has 94 valence electrons. The minimum absolute atomic E-state index is 0.197. The first kappa shape index (κ1) is 13.5. The van der Waals surface area contributed by atoms with E-state index < -0.39 is 10.8 Å². The number of rotatable bonds is 5. The van der Waals surface area contributed by atoms with Crippen LogP contribution in [0.15, 0.2) is 4.99 Å². The lowest BCUT2D eigenvalue weighted by molar-refractivity contribution is 0.624. The van der Waals surface area contributed by atoms with Gasteiger partial charge in [-0.05, 0) is 19.3 Å². The van der Waals surface area contributed by atoms with Crippen LogP contribution in [0.1, 0.15) is 39.0 Å². The molecule has 0 spiro atoms. The SMILES string of the molecule is CC(CCN=C(N)NC1CCCC1)S(C)=O. The van der Waals surface area contributed by atoms with Gasteiger partial charge >= 0.3 is 0 Å². The predicted octanol–water partition coefficient (Wildman–Crippen LogP) is 0.990. The molecule has 3 N–H and O–H groups in total. The monoisotopic (exact) mass is 245 g/mol. The first-order valence-electron chi connectivity index (χ1n) is 5.98. The molecule has 16 heavy (non-hydrogen) atoms. The van der Waals surface area contributed by atoms with E-state index in [1.165, 1.54) is 25.7 Å². The number of hydrogen-bond donors (Lipinski definition) is 2. The Hall–Kier alpha value is -0.580. The van der Waals surface area contributed by atoms with Crippen LogP contribution in [0.2, 0.25) is 0 Å². The molecule has 1 aliphatic rings. The summed E-state index contributed by atoms with van der Waals surface area (Å²) in [6.07, 6.45) is 7.54. The summed E-state index contributed by atoms with van der Waals surface area (Å²) < 4.78 is 11.1. The summed E-state index contributed by atoms with van der Waals surface area (Å²) in [6, 6.07) is 0.515. The second kappa shape index (κ2) is 6.89. The van der Waals surface area contributed by atoms with Crippen LogP contribution in [0, 0.1) is 0 Å². The summed E-state index contributed by atoms with van der Waals surface area (Å²) in [5.74, 6) is 0.543. The minimum Gasteiger partial charge on any atom is -0.370 e. The van der Waals surface area contributed by atoms with Crippen molar-refractivity contribution in [1.82, 2.24) is 5.32 Å². The molecule has 1 aliphatic carbocycles. The van der Waals surface area contributed by atoms with Crippen molar-refractivity contribution in [3.05, 3.63) is 0 Å². The Morgan fingerprint density at radius 2 is 2.19 bits per heavy atom. The highest BCUT2D eigenvalue weighted by molar-refractivity contribution is 7.84. The Morgan fingerprint density at radius 1 is 1.56 bits per heavy atom. The Kier molecular flexibility index (Phi) is 5.80. The first-order chi connectivity index (χ1) is 7.59. The van der Waals surface area contributed by atoms with Crippen LogP contribution in [0.5, 0.6) is 0 Å². The molecule has 2 unspecified atom stereocenters. The van der Waals surface area contributed by atoms with Crippen LogP contribution in [-0.2, 0) is 10.8 Å². The third-order valence-corrected chi connectivity index (χ3v) is 4.46. The number of guanidine groups is 1. The zero-order valence-corrected chi connectivity index (χ0v) is 11.1. The van der Waals surface area contributed by atoms with Crippen LogP contribution >= 0.6 is 0 Å². The molecule has 0 bridgehead atoms. The number of nitrogens with one attached hydrogen (secondary N) is 1. The highest BCUT2D eigenvalue weighted by Gasteiger charge is 2.14. The number of nitrogens with two attached hydrogens (primary N) is 1. The number of aliphatic imine (C=N–C) groups is 1. The van der Waals surface area contributed by atoms with Gasteiger partial charge in [0.1, 0.15) is 0 Å². The lowest BCUT2D eigenvalue weighted by Crippen LogP contribution is -2.38. The van der Waals surface area contributed by atoms with Gasteiger partial charge in [-0.2, -0.15) is 0 Å². The smallest absolute Gasteiger partial charge is 0.188 e. The maximum Gasteiger partial charge on any atom is 0.188 e. The van der Waals surface area contributed by atoms with Crippen molar-refractivity contribution >= 4 is 16.8 Å². The summed E-state index contributed by atoms with van der Waals surface area (Å²) in [5, 5.41) is 3.43. The van der Waals surface area contributed by atoms with Gasteiger partial charge in [0.2, 0.25) is 0 Å². The highest BCUT2D eigenvalue weighted by atomic mass is 32.2. The Balaban J connectivity index is 2.19. The fourth-order valence-electron chi connectivity index (χ4n) is 1.86. The molecule has 0 saturated heterocycles. The maximum absolute atomic E-state index is 11.1. The number of nitrogens with zero attached hydrogens (tertiary/aromatic N) is 1. The van der Waals surface area contributed by atoms with Gasteiger partial charge in [0.05, 0.1) is 0 Å². The van der Waals surface area contributed by atoms with E-state index in [4.69, 9.17) is 5.73 Å². The van der Waals surface area contributed by atoms with E-state index >= 15 is 0 Å². The van der Waals surface area contributed by atoms with Crippen molar-refractivity contribution < 1.29 is 4.21 Å². The van der Waals surface area contributed by atoms with E-state index in [0.717, 1.165) is 6.42 Å². The van der Waals surface area contributed by atoms with Gasteiger partial charge < -0.3 is 11.1 Å². The second-order valence-corrected chi connectivity index (χ2v) is 6.29. The summed E-state index contributed by atoms with van der Waals surface area (Å²) >= 11 is 0. The van der Waals surface area contributed by atoms with E-state index in [1.54, 1.807) is 6.26 Å². The van der Waals surface area contributed by atoms with Crippen molar-refractivity contribution in [2.75, 3.05) is 12.8 Å². The zero-order chi connectivity index (χ0) is 12.0. The molecule has 2 atom stereocenters. The van der Waals surface area contributed by atoms with Gasteiger partial charge in [-0.1, -0.05) is 19.8 Å². The molecular formula is C11H23N3OS. The molecule has 0 aromatic rings. The second-order valence-electron chi connectivity index (χ2n) is 4.49. The fourth-order valence-corrected chi connectivity index (χ4v) is 2.30. The molecule has 0 aliphatic heterocycles. The van der Waals surface area contributed by atoms with Crippen molar-refractivity contribution in [1.29, 1.82) is 0 Å². The average molecular weight is 245 g/mol. The first-order valence-corrected chi connectivity index (χ1v) is 7.60. The Morgan fingerprint density at radius 3 is 2.75 bits per heavy atom. The van der Waals surface area contributed by atoms with Gasteiger partial charge in [0.15, 0.2) is 5.96 Å². The molecule has 1 saturated carbocycles. The van der Waals surface area contributed by atoms with Crippen molar-refractivity contribution in [3.63, 3.8) is 0 Å². The summed E-state index contributed by atoms with van der Waals surface area (Å²) in [5.41, 5.74) is 5.78. The summed E-state index contributed by atoms with van der Waals surface area (Å²) in [6.45, 7) is 2.64. The topological polar surface area (TPSA) is 67.5 Å². The lowest BCUT2D eigenvalue weighted by atomic mass is 10.2. The maximum atomic E-state index is 11.1. The molecule has 1 rings (SSSR count). The molecule has 0 aromatic carbocycles. The molecule has 0 aromatic heterocycles. The van der Waals surface area contributed by atoms with Gasteiger partial charge in [-0.15, -0.1) is 0 Å². The average Bonchev–Trinajstić information content (AvgIpc) is 2.70. The van der Waals surface area contributed by atoms with Gasteiger partial charge in [-0.25, -0.2) is 0 Å². The van der Waals surface area contributed by atoms with Crippen LogP contribution in [0.3, 0.4) is 0 Å². The van der Waals surface area contributed by atoms with E-state index in [-0.39, 0.29) is 5.25 Å². The predicted molar refractivity (Wildman–Crippen MR) is 70.0 cm³/mol. The largest absolute Gasteiger partial charge is 0.370 e. The van der Waals surface area contributed by atoms with E-state index in [9.17, 15) is 4.21 Å². The number of hydrogen-bond acceptors (Lipinski definition) is 2. The highest BCUT2D eigenvalue weighted by Crippen LogP contribution is 2.17. The standard InChI is InChI=1S/C11H23N3OS/c1-9(16(2)15)7-8-13-11(12)14-10-5-3-4-6-10/h9-10H,3-8H2,1-2H3,(H3,12,13,14). The van der Waals surface area contributed by atoms with Gasteiger partial charge in [-0.3, -0.25) is 9.20 Å².